The number of anilines is 2. The number of hydrogen-bond acceptors (Lipinski definition) is 5. The molecule has 108 valence electrons. The average molecular weight is 290 g/mol. The lowest BCUT2D eigenvalue weighted by Crippen LogP contribution is -2.37. The van der Waals surface area contributed by atoms with E-state index in [1.54, 1.807) is 11.3 Å². The zero-order valence-corrected chi connectivity index (χ0v) is 13.2. The minimum absolute atomic E-state index is 0.167. The summed E-state index contributed by atoms with van der Waals surface area (Å²) in [4.78, 5) is 11.5. The van der Waals surface area contributed by atoms with Gasteiger partial charge in [0.25, 0.3) is 0 Å². The van der Waals surface area contributed by atoms with Crippen LogP contribution in [0.3, 0.4) is 0 Å². The van der Waals surface area contributed by atoms with E-state index in [9.17, 15) is 0 Å². The van der Waals surface area contributed by atoms with Crippen LogP contribution in [-0.4, -0.2) is 22.6 Å². The lowest BCUT2D eigenvalue weighted by atomic mass is 9.83. The monoisotopic (exact) mass is 290 g/mol. The van der Waals surface area contributed by atoms with Crippen molar-refractivity contribution in [2.24, 2.45) is 0 Å². The fourth-order valence-electron chi connectivity index (χ4n) is 2.99. The SMILES string of the molecule is CNc1nc(NC2(C)CCCCC2)c2cc(C)sc2n1. The van der Waals surface area contributed by atoms with Crippen molar-refractivity contribution < 1.29 is 0 Å². The molecule has 0 saturated heterocycles. The van der Waals surface area contributed by atoms with Crippen molar-refractivity contribution in [2.45, 2.75) is 51.5 Å². The van der Waals surface area contributed by atoms with Crippen molar-refractivity contribution >= 4 is 33.3 Å². The number of aryl methyl sites for hydroxylation is 1. The van der Waals surface area contributed by atoms with E-state index in [2.05, 4.69) is 40.5 Å². The second-order valence-corrected chi connectivity index (χ2v) is 7.20. The summed E-state index contributed by atoms with van der Waals surface area (Å²) in [5.74, 6) is 1.68. The van der Waals surface area contributed by atoms with E-state index in [4.69, 9.17) is 0 Å². The molecule has 0 bridgehead atoms. The number of nitrogens with one attached hydrogen (secondary N) is 2. The Hall–Kier alpha value is -1.36. The van der Waals surface area contributed by atoms with E-state index in [0.717, 1.165) is 16.0 Å². The summed E-state index contributed by atoms with van der Waals surface area (Å²) in [6.07, 6.45) is 6.40. The van der Waals surface area contributed by atoms with Gasteiger partial charge < -0.3 is 10.6 Å². The Labute approximate surface area is 124 Å². The van der Waals surface area contributed by atoms with Gasteiger partial charge in [-0.05, 0) is 32.8 Å². The highest BCUT2D eigenvalue weighted by molar-refractivity contribution is 7.18. The van der Waals surface area contributed by atoms with Crippen LogP contribution < -0.4 is 10.6 Å². The molecule has 3 rings (SSSR count). The van der Waals surface area contributed by atoms with Gasteiger partial charge in [-0.15, -0.1) is 11.3 Å². The van der Waals surface area contributed by atoms with Crippen LogP contribution in [0.1, 0.15) is 43.9 Å². The van der Waals surface area contributed by atoms with Crippen LogP contribution in [0, 0.1) is 6.92 Å². The van der Waals surface area contributed by atoms with Crippen LogP contribution in [-0.2, 0) is 0 Å². The summed E-state index contributed by atoms with van der Waals surface area (Å²) < 4.78 is 0. The molecule has 20 heavy (non-hydrogen) atoms. The Kier molecular flexibility index (Phi) is 3.54. The van der Waals surface area contributed by atoms with Gasteiger partial charge in [-0.3, -0.25) is 0 Å². The summed E-state index contributed by atoms with van der Waals surface area (Å²) in [5, 5.41) is 7.92. The Morgan fingerprint density at radius 2 is 1.95 bits per heavy atom. The van der Waals surface area contributed by atoms with Gasteiger partial charge in [-0.1, -0.05) is 19.3 Å². The molecule has 1 aliphatic carbocycles. The molecule has 2 aromatic heterocycles. The zero-order valence-electron chi connectivity index (χ0n) is 12.4. The van der Waals surface area contributed by atoms with E-state index in [1.165, 1.54) is 37.0 Å². The summed E-state index contributed by atoms with van der Waals surface area (Å²) in [7, 11) is 1.87. The van der Waals surface area contributed by atoms with Gasteiger partial charge in [0.05, 0.1) is 5.39 Å². The first-order valence-electron chi connectivity index (χ1n) is 7.34. The van der Waals surface area contributed by atoms with Gasteiger partial charge in [-0.2, -0.15) is 4.98 Å². The van der Waals surface area contributed by atoms with Crippen molar-refractivity contribution in [3.8, 4) is 0 Å². The highest BCUT2D eigenvalue weighted by Crippen LogP contribution is 2.35. The van der Waals surface area contributed by atoms with Gasteiger partial charge in [0, 0.05) is 17.5 Å². The molecule has 0 amide bonds. The number of fused-ring (bicyclic) bond motifs is 1. The number of aromatic nitrogens is 2. The minimum Gasteiger partial charge on any atom is -0.364 e. The second kappa shape index (κ2) is 5.20. The Morgan fingerprint density at radius 1 is 1.20 bits per heavy atom. The van der Waals surface area contributed by atoms with Gasteiger partial charge in [0.15, 0.2) is 0 Å². The van der Waals surface area contributed by atoms with Crippen LogP contribution in [0.25, 0.3) is 10.2 Å². The van der Waals surface area contributed by atoms with E-state index >= 15 is 0 Å². The average Bonchev–Trinajstić information content (AvgIpc) is 2.79. The fraction of sp³-hybridized carbons (Fsp3) is 0.600. The minimum atomic E-state index is 0.167. The zero-order chi connectivity index (χ0) is 14.2. The third-order valence-corrected chi connectivity index (χ3v) is 5.06. The van der Waals surface area contributed by atoms with Crippen molar-refractivity contribution in [3.63, 3.8) is 0 Å². The molecule has 2 heterocycles. The molecule has 0 unspecified atom stereocenters. The third-order valence-electron chi connectivity index (χ3n) is 4.12. The lowest BCUT2D eigenvalue weighted by Gasteiger charge is -2.35. The number of nitrogens with zero attached hydrogens (tertiary/aromatic N) is 2. The smallest absolute Gasteiger partial charge is 0.225 e. The van der Waals surface area contributed by atoms with Gasteiger partial charge >= 0.3 is 0 Å². The topological polar surface area (TPSA) is 49.8 Å². The Morgan fingerprint density at radius 3 is 2.65 bits per heavy atom. The summed E-state index contributed by atoms with van der Waals surface area (Å²) in [6, 6.07) is 2.19. The maximum atomic E-state index is 4.65. The predicted molar refractivity (Wildman–Crippen MR) is 86.8 cm³/mol. The first-order valence-corrected chi connectivity index (χ1v) is 8.15. The lowest BCUT2D eigenvalue weighted by molar-refractivity contribution is 0.349. The summed E-state index contributed by atoms with van der Waals surface area (Å²) in [6.45, 7) is 4.44. The molecule has 2 aromatic rings. The van der Waals surface area contributed by atoms with Crippen molar-refractivity contribution in [3.05, 3.63) is 10.9 Å². The Balaban J connectivity index is 2.00. The molecule has 0 spiro atoms. The summed E-state index contributed by atoms with van der Waals surface area (Å²) in [5.41, 5.74) is 0.167. The van der Waals surface area contributed by atoms with Crippen LogP contribution in [0.4, 0.5) is 11.8 Å². The largest absolute Gasteiger partial charge is 0.364 e. The molecule has 1 aliphatic rings. The van der Waals surface area contributed by atoms with E-state index in [-0.39, 0.29) is 5.54 Å². The Bertz CT molecular complexity index is 614. The first kappa shape index (κ1) is 13.6. The molecule has 1 saturated carbocycles. The van der Waals surface area contributed by atoms with Crippen LogP contribution in [0.2, 0.25) is 0 Å². The van der Waals surface area contributed by atoms with Gasteiger partial charge in [-0.25, -0.2) is 4.98 Å². The number of thiophene rings is 1. The van der Waals surface area contributed by atoms with Crippen LogP contribution >= 0.6 is 11.3 Å². The molecule has 2 N–H and O–H groups in total. The molecule has 0 atom stereocenters. The molecule has 5 heteroatoms. The van der Waals surface area contributed by atoms with Crippen molar-refractivity contribution in [1.82, 2.24) is 9.97 Å². The molecule has 0 aromatic carbocycles. The van der Waals surface area contributed by atoms with Crippen molar-refractivity contribution in [2.75, 3.05) is 17.7 Å². The molecular formula is C15H22N4S. The van der Waals surface area contributed by atoms with E-state index < -0.39 is 0 Å². The fourth-order valence-corrected chi connectivity index (χ4v) is 3.87. The van der Waals surface area contributed by atoms with Gasteiger partial charge in [0.2, 0.25) is 5.95 Å². The normalized spacial score (nSPS) is 18.1. The van der Waals surface area contributed by atoms with Crippen LogP contribution in [0.15, 0.2) is 6.07 Å². The maximum absolute atomic E-state index is 4.65. The highest BCUT2D eigenvalue weighted by atomic mass is 32.1. The maximum Gasteiger partial charge on any atom is 0.225 e. The highest BCUT2D eigenvalue weighted by Gasteiger charge is 2.28. The molecule has 4 nitrogen and oxygen atoms in total. The van der Waals surface area contributed by atoms with E-state index in [0.29, 0.717) is 5.95 Å². The molecular weight excluding hydrogens is 268 g/mol. The predicted octanol–water partition coefficient (Wildman–Crippen LogP) is 4.18. The quantitative estimate of drug-likeness (QED) is 0.890. The van der Waals surface area contributed by atoms with E-state index in [1.807, 2.05) is 7.05 Å². The first-order chi connectivity index (χ1) is 9.59. The third kappa shape index (κ3) is 2.59. The molecule has 1 fully saturated rings. The molecule has 0 aliphatic heterocycles. The standard InChI is InChI=1S/C15H22N4S/c1-10-9-11-12(17-14(16-3)18-13(11)20-10)19-15(2)7-5-4-6-8-15/h9H,4-8H2,1-3H3,(H2,16,17,18,19). The van der Waals surface area contributed by atoms with Crippen molar-refractivity contribution in [1.29, 1.82) is 0 Å². The number of hydrogen-bond donors (Lipinski definition) is 2. The van der Waals surface area contributed by atoms with Crippen LogP contribution in [0.5, 0.6) is 0 Å². The summed E-state index contributed by atoms with van der Waals surface area (Å²) >= 11 is 1.73. The van der Waals surface area contributed by atoms with Gasteiger partial charge in [0.1, 0.15) is 10.6 Å². The number of rotatable bonds is 3. The second-order valence-electron chi connectivity index (χ2n) is 5.97. The molecule has 0 radical (unpaired) electrons.